The van der Waals surface area contributed by atoms with E-state index >= 15 is 0 Å². The van der Waals surface area contributed by atoms with Crippen LogP contribution in [0.3, 0.4) is 0 Å². The summed E-state index contributed by atoms with van der Waals surface area (Å²) in [7, 11) is -8.94. The van der Waals surface area contributed by atoms with Gasteiger partial charge in [-0.1, -0.05) is 48.2 Å². The minimum atomic E-state index is -3.86. The van der Waals surface area contributed by atoms with E-state index in [1.165, 1.54) is 60.3 Å². The van der Waals surface area contributed by atoms with Gasteiger partial charge < -0.3 is 8.37 Å². The number of benzene rings is 4. The van der Waals surface area contributed by atoms with Crippen molar-refractivity contribution in [3.05, 3.63) is 109 Å². The highest BCUT2D eigenvalue weighted by molar-refractivity contribution is 7.99. The Balaban J connectivity index is 0.000000226. The quantitative estimate of drug-likeness (QED) is 0.132. The highest BCUT2D eigenvalue weighted by atomic mass is 32.2. The Morgan fingerprint density at radius 2 is 1.07 bits per heavy atom. The highest BCUT2D eigenvalue weighted by Gasteiger charge is 2.17. The van der Waals surface area contributed by atoms with E-state index in [0.717, 1.165) is 4.90 Å². The zero-order chi connectivity index (χ0) is 29.7. The Bertz CT molecular complexity index is 1740. The van der Waals surface area contributed by atoms with Crippen molar-refractivity contribution in [1.29, 1.82) is 0 Å². The van der Waals surface area contributed by atoms with Crippen molar-refractivity contribution >= 4 is 42.8 Å². The molecule has 4 aromatic rings. The highest BCUT2D eigenvalue weighted by Crippen LogP contribution is 2.24. The fourth-order valence-electron chi connectivity index (χ4n) is 3.05. The fraction of sp³-hybridized carbons (Fsp3) is 0.0667. The van der Waals surface area contributed by atoms with Gasteiger partial charge in [0.2, 0.25) is 0 Å². The van der Waals surface area contributed by atoms with Crippen molar-refractivity contribution in [3.8, 4) is 36.2 Å². The molecule has 210 valence electrons. The van der Waals surface area contributed by atoms with E-state index in [0.29, 0.717) is 10.6 Å². The van der Waals surface area contributed by atoms with E-state index in [1.54, 1.807) is 60.7 Å². The van der Waals surface area contributed by atoms with E-state index in [1.807, 2.05) is 0 Å². The van der Waals surface area contributed by atoms with E-state index in [2.05, 4.69) is 11.8 Å². The lowest BCUT2D eigenvalue weighted by molar-refractivity contribution is 0.484. The maximum atomic E-state index is 12.0. The normalized spacial score (nSPS) is 11.6. The molecule has 4 aromatic carbocycles. The van der Waals surface area contributed by atoms with Gasteiger partial charge in [0.1, 0.15) is 21.3 Å². The molecule has 0 spiro atoms. The maximum absolute atomic E-state index is 12.0. The van der Waals surface area contributed by atoms with Crippen LogP contribution in [0, 0.1) is 24.7 Å². The van der Waals surface area contributed by atoms with E-state index in [-0.39, 0.29) is 27.0 Å². The Kier molecular flexibility index (Phi) is 11.6. The first-order valence-electron chi connectivity index (χ1n) is 11.7. The topological polar surface area (TPSA) is 104 Å². The summed E-state index contributed by atoms with van der Waals surface area (Å²) in [6, 6.07) is 28.6. The maximum Gasteiger partial charge on any atom is 0.339 e. The third-order valence-corrected chi connectivity index (χ3v) is 9.59. The van der Waals surface area contributed by atoms with Gasteiger partial charge in [-0.25, -0.2) is 0 Å². The van der Waals surface area contributed by atoms with Crippen LogP contribution in [0.5, 0.6) is 11.5 Å². The number of rotatable bonds is 10. The van der Waals surface area contributed by atoms with Gasteiger partial charge in [0.25, 0.3) is 0 Å². The minimum Gasteiger partial charge on any atom is -0.379 e. The van der Waals surface area contributed by atoms with Crippen molar-refractivity contribution in [2.24, 2.45) is 0 Å². The lowest BCUT2D eigenvalue weighted by Gasteiger charge is -2.07. The summed E-state index contributed by atoms with van der Waals surface area (Å²) in [6.07, 6.45) is 10.3. The molecule has 0 bridgehead atoms. The standard InChI is InChI=1S/C15H12O4S2.C15H12O3S2/c1-2-12-20(16)14-10-8-13(9-11-14)19-21(17,18)15-6-4-3-5-7-15;1-2-12-19-14-10-8-13(9-11-14)18-20(16,17)15-6-4-3-5-7-15/h1,3-11H,12H2;1,3-11H,12H2. The second-order valence-electron chi connectivity index (χ2n) is 7.83. The van der Waals surface area contributed by atoms with Crippen LogP contribution in [0.1, 0.15) is 0 Å². The molecule has 11 heteroatoms. The first-order chi connectivity index (χ1) is 19.6. The van der Waals surface area contributed by atoms with Crippen LogP contribution >= 0.6 is 11.8 Å². The summed E-state index contributed by atoms with van der Waals surface area (Å²) in [5.41, 5.74) is 0. The van der Waals surface area contributed by atoms with Gasteiger partial charge in [-0.05, 0) is 72.8 Å². The SMILES string of the molecule is C#CCS(=O)c1ccc(OS(=O)(=O)c2ccccc2)cc1.C#CCSc1ccc(OS(=O)(=O)c2ccccc2)cc1. The van der Waals surface area contributed by atoms with E-state index in [9.17, 15) is 21.0 Å². The average Bonchev–Trinajstić information content (AvgIpc) is 2.98. The Labute approximate surface area is 247 Å². The number of terminal acetylenes is 2. The second kappa shape index (κ2) is 15.1. The van der Waals surface area contributed by atoms with E-state index in [4.69, 9.17) is 21.2 Å². The van der Waals surface area contributed by atoms with Crippen LogP contribution in [0.2, 0.25) is 0 Å². The van der Waals surface area contributed by atoms with Crippen LogP contribution in [-0.2, 0) is 31.0 Å². The van der Waals surface area contributed by atoms with Gasteiger partial charge in [-0.15, -0.1) is 24.6 Å². The molecule has 0 aromatic heterocycles. The zero-order valence-electron chi connectivity index (χ0n) is 21.5. The molecular weight excluding hydrogens is 601 g/mol. The van der Waals surface area contributed by atoms with Gasteiger partial charge in [0.15, 0.2) is 0 Å². The molecule has 0 N–H and O–H groups in total. The van der Waals surface area contributed by atoms with Crippen molar-refractivity contribution in [2.45, 2.75) is 19.6 Å². The predicted octanol–water partition coefficient (Wildman–Crippen LogP) is 5.37. The largest absolute Gasteiger partial charge is 0.379 e. The molecule has 0 radical (unpaired) electrons. The molecular formula is C30H24O7S4. The lowest BCUT2D eigenvalue weighted by Crippen LogP contribution is -2.09. The van der Waals surface area contributed by atoms with Crippen LogP contribution in [0.4, 0.5) is 0 Å². The van der Waals surface area contributed by atoms with E-state index < -0.39 is 31.0 Å². The Morgan fingerprint density at radius 1 is 0.634 bits per heavy atom. The first kappa shape index (κ1) is 31.5. The molecule has 1 atom stereocenters. The summed E-state index contributed by atoms with van der Waals surface area (Å²) in [5, 5.41) is 0. The predicted molar refractivity (Wildman–Crippen MR) is 161 cm³/mol. The third kappa shape index (κ3) is 9.85. The van der Waals surface area contributed by atoms with Gasteiger partial charge in [-0.2, -0.15) is 16.8 Å². The molecule has 7 nitrogen and oxygen atoms in total. The van der Waals surface area contributed by atoms with Crippen LogP contribution < -0.4 is 8.37 Å². The first-order valence-corrected chi connectivity index (χ1v) is 16.8. The molecule has 0 amide bonds. The number of hydrogen-bond donors (Lipinski definition) is 0. The summed E-state index contributed by atoms with van der Waals surface area (Å²) in [6.45, 7) is 0. The molecule has 0 heterocycles. The molecule has 41 heavy (non-hydrogen) atoms. The summed E-state index contributed by atoms with van der Waals surface area (Å²) < 4.78 is 69.8. The summed E-state index contributed by atoms with van der Waals surface area (Å²) >= 11 is 1.50. The summed E-state index contributed by atoms with van der Waals surface area (Å²) in [4.78, 5) is 1.69. The lowest BCUT2D eigenvalue weighted by atomic mass is 10.3. The molecule has 0 saturated heterocycles. The van der Waals surface area contributed by atoms with Crippen LogP contribution in [0.15, 0.2) is 129 Å². The number of thioether (sulfide) groups is 1. The molecule has 0 fully saturated rings. The smallest absolute Gasteiger partial charge is 0.339 e. The molecule has 0 aliphatic heterocycles. The molecule has 0 aliphatic carbocycles. The van der Waals surface area contributed by atoms with Gasteiger partial charge in [-0.3, -0.25) is 4.21 Å². The van der Waals surface area contributed by atoms with Gasteiger partial charge in [0.05, 0.1) is 22.3 Å². The number of hydrogen-bond acceptors (Lipinski definition) is 8. The Hall–Kier alpha value is -4.00. The van der Waals surface area contributed by atoms with Gasteiger partial charge >= 0.3 is 20.2 Å². The average molecular weight is 625 g/mol. The molecule has 4 rings (SSSR count). The monoisotopic (exact) mass is 624 g/mol. The minimum absolute atomic E-state index is 0.0741. The zero-order valence-corrected chi connectivity index (χ0v) is 24.7. The van der Waals surface area contributed by atoms with Crippen LogP contribution in [0.25, 0.3) is 0 Å². The third-order valence-electron chi connectivity index (χ3n) is 4.92. The second-order valence-corrected chi connectivity index (χ2v) is 13.4. The summed E-state index contributed by atoms with van der Waals surface area (Å²) in [5.74, 6) is 5.95. The van der Waals surface area contributed by atoms with Crippen molar-refractivity contribution in [2.75, 3.05) is 11.5 Å². The van der Waals surface area contributed by atoms with Crippen molar-refractivity contribution in [1.82, 2.24) is 0 Å². The molecule has 1 unspecified atom stereocenters. The van der Waals surface area contributed by atoms with Crippen molar-refractivity contribution < 1.29 is 29.4 Å². The fourth-order valence-corrected chi connectivity index (χ4v) is 6.28. The molecule has 0 saturated carbocycles. The van der Waals surface area contributed by atoms with Crippen LogP contribution in [-0.4, -0.2) is 32.6 Å². The van der Waals surface area contributed by atoms with Crippen molar-refractivity contribution in [3.63, 3.8) is 0 Å². The van der Waals surface area contributed by atoms with Gasteiger partial charge in [0, 0.05) is 9.79 Å². The Morgan fingerprint density at radius 3 is 1.49 bits per heavy atom. The molecule has 0 aliphatic rings.